The van der Waals surface area contributed by atoms with Crippen molar-refractivity contribution >= 4 is 17.6 Å². The van der Waals surface area contributed by atoms with E-state index in [1.165, 1.54) is 6.33 Å². The van der Waals surface area contributed by atoms with Crippen LogP contribution in [0.15, 0.2) is 55.0 Å². The highest BCUT2D eigenvalue weighted by Gasteiger charge is 2.26. The minimum atomic E-state index is -0.105. The normalized spacial score (nSPS) is 13.5. The molecule has 0 aliphatic carbocycles. The number of methoxy groups -OCH3 is 3. The Bertz CT molecular complexity index is 1400. The number of carbonyl (C=O) groups excluding carboxylic acids is 1. The Labute approximate surface area is 214 Å². The molecule has 0 radical (unpaired) electrons. The maximum absolute atomic E-state index is 12.9. The van der Waals surface area contributed by atoms with Crippen LogP contribution in [0.3, 0.4) is 0 Å². The van der Waals surface area contributed by atoms with E-state index in [4.69, 9.17) is 14.2 Å². The number of benzene rings is 2. The fraction of sp³-hybridized carbons (Fsp3) is 0.308. The lowest BCUT2D eigenvalue weighted by atomic mass is 10.1. The number of ether oxygens (including phenoxy) is 3. The summed E-state index contributed by atoms with van der Waals surface area (Å²) >= 11 is 0. The van der Waals surface area contributed by atoms with Crippen LogP contribution in [0.1, 0.15) is 5.56 Å². The third kappa shape index (κ3) is 4.80. The molecule has 5 rings (SSSR count). The number of hydrogen-bond donors (Lipinski definition) is 1. The predicted octanol–water partition coefficient (Wildman–Crippen LogP) is 2.85. The van der Waals surface area contributed by atoms with E-state index in [1.807, 2.05) is 47.4 Å². The van der Waals surface area contributed by atoms with E-state index in [0.29, 0.717) is 50.0 Å². The van der Waals surface area contributed by atoms with E-state index in [9.17, 15) is 4.79 Å². The topological polar surface area (TPSA) is 106 Å². The van der Waals surface area contributed by atoms with Crippen LogP contribution in [0.5, 0.6) is 17.2 Å². The van der Waals surface area contributed by atoms with Crippen molar-refractivity contribution in [2.45, 2.75) is 6.54 Å². The van der Waals surface area contributed by atoms with E-state index < -0.39 is 0 Å². The van der Waals surface area contributed by atoms with Crippen molar-refractivity contribution in [1.29, 1.82) is 0 Å². The van der Waals surface area contributed by atoms with Crippen LogP contribution in [-0.2, 0) is 6.54 Å². The number of rotatable bonds is 7. The predicted molar refractivity (Wildman–Crippen MR) is 138 cm³/mol. The van der Waals surface area contributed by atoms with Gasteiger partial charge in [-0.15, -0.1) is 0 Å². The summed E-state index contributed by atoms with van der Waals surface area (Å²) < 4.78 is 18.0. The van der Waals surface area contributed by atoms with E-state index in [-0.39, 0.29) is 6.03 Å². The van der Waals surface area contributed by atoms with Crippen molar-refractivity contribution in [3.63, 3.8) is 0 Å². The molecule has 11 heteroatoms. The van der Waals surface area contributed by atoms with Gasteiger partial charge < -0.3 is 29.3 Å². The molecule has 1 saturated heterocycles. The molecule has 0 spiro atoms. The SMILES string of the molecule is COc1ccccc1CNC(=O)N1CCN(c2c(-c3ccc(OC)c(OC)c3)cnc3ncnn23)CC1. The van der Waals surface area contributed by atoms with Gasteiger partial charge in [0.15, 0.2) is 11.5 Å². The zero-order chi connectivity index (χ0) is 25.8. The Morgan fingerprint density at radius 1 is 0.919 bits per heavy atom. The lowest BCUT2D eigenvalue weighted by Crippen LogP contribution is -2.52. The lowest BCUT2D eigenvalue weighted by molar-refractivity contribution is 0.193. The van der Waals surface area contributed by atoms with E-state index in [0.717, 1.165) is 28.3 Å². The molecule has 1 fully saturated rings. The monoisotopic (exact) mass is 503 g/mol. The summed E-state index contributed by atoms with van der Waals surface area (Å²) in [5.74, 6) is 3.40. The second kappa shape index (κ2) is 10.6. The molecule has 11 nitrogen and oxygen atoms in total. The maximum atomic E-state index is 12.9. The number of urea groups is 1. The van der Waals surface area contributed by atoms with Crippen LogP contribution in [0.4, 0.5) is 10.6 Å². The number of hydrogen-bond acceptors (Lipinski definition) is 8. The van der Waals surface area contributed by atoms with Crippen molar-refractivity contribution in [2.24, 2.45) is 0 Å². The number of aromatic nitrogens is 4. The van der Waals surface area contributed by atoms with Crippen LogP contribution in [0.2, 0.25) is 0 Å². The van der Waals surface area contributed by atoms with Crippen LogP contribution >= 0.6 is 0 Å². The number of nitrogens with one attached hydrogen (secondary N) is 1. The number of piperazine rings is 1. The fourth-order valence-electron chi connectivity index (χ4n) is 4.53. The first-order valence-corrected chi connectivity index (χ1v) is 11.9. The van der Waals surface area contributed by atoms with Gasteiger partial charge in [0.25, 0.3) is 5.78 Å². The van der Waals surface area contributed by atoms with Gasteiger partial charge in [0.1, 0.15) is 17.9 Å². The molecule has 0 atom stereocenters. The molecule has 0 bridgehead atoms. The van der Waals surface area contributed by atoms with Gasteiger partial charge in [-0.2, -0.15) is 14.6 Å². The van der Waals surface area contributed by atoms with Gasteiger partial charge in [0, 0.05) is 50.0 Å². The number of amides is 2. The van der Waals surface area contributed by atoms with Gasteiger partial charge in [-0.1, -0.05) is 24.3 Å². The molecule has 0 unspecified atom stereocenters. The molecule has 0 saturated carbocycles. The summed E-state index contributed by atoms with van der Waals surface area (Å²) in [4.78, 5) is 25.7. The van der Waals surface area contributed by atoms with Gasteiger partial charge in [-0.3, -0.25) is 0 Å². The highest BCUT2D eigenvalue weighted by Crippen LogP contribution is 2.36. The van der Waals surface area contributed by atoms with Crippen LogP contribution in [0.25, 0.3) is 16.9 Å². The third-order valence-electron chi connectivity index (χ3n) is 6.46. The van der Waals surface area contributed by atoms with E-state index in [2.05, 4.69) is 25.3 Å². The van der Waals surface area contributed by atoms with Gasteiger partial charge in [-0.05, 0) is 23.8 Å². The molecule has 1 aliphatic rings. The molecule has 37 heavy (non-hydrogen) atoms. The van der Waals surface area contributed by atoms with Crippen molar-refractivity contribution in [3.8, 4) is 28.4 Å². The van der Waals surface area contributed by atoms with Gasteiger partial charge in [-0.25, -0.2) is 9.78 Å². The van der Waals surface area contributed by atoms with Crippen molar-refractivity contribution in [1.82, 2.24) is 29.8 Å². The van der Waals surface area contributed by atoms with Crippen molar-refractivity contribution in [2.75, 3.05) is 52.4 Å². The molecule has 2 aromatic carbocycles. The summed E-state index contributed by atoms with van der Waals surface area (Å²) in [6.07, 6.45) is 3.29. The first kappa shape index (κ1) is 24.2. The molecule has 1 N–H and O–H groups in total. The zero-order valence-corrected chi connectivity index (χ0v) is 21.0. The summed E-state index contributed by atoms with van der Waals surface area (Å²) in [6.45, 7) is 2.77. The highest BCUT2D eigenvalue weighted by atomic mass is 16.5. The van der Waals surface area contributed by atoms with Gasteiger partial charge in [0.05, 0.1) is 21.3 Å². The number of fused-ring (bicyclic) bond motifs is 1. The standard InChI is InChI=1S/C26H29N7O4/c1-35-21-7-5-4-6-19(21)15-28-26(34)32-12-10-31(11-13-32)24-20(16-27-25-29-17-30-33(24)25)18-8-9-22(36-2)23(14-18)37-3/h4-9,14,16-17H,10-13,15H2,1-3H3,(H,28,34). The number of carbonyl (C=O) groups is 1. The average molecular weight is 504 g/mol. The smallest absolute Gasteiger partial charge is 0.317 e. The van der Waals surface area contributed by atoms with Crippen LogP contribution in [-0.4, -0.2) is 78.0 Å². The maximum Gasteiger partial charge on any atom is 0.317 e. The molecule has 4 aromatic rings. The van der Waals surface area contributed by atoms with Crippen molar-refractivity contribution < 1.29 is 19.0 Å². The zero-order valence-electron chi connectivity index (χ0n) is 21.0. The largest absolute Gasteiger partial charge is 0.496 e. The van der Waals surface area contributed by atoms with Crippen LogP contribution in [0, 0.1) is 0 Å². The van der Waals surface area contributed by atoms with E-state index in [1.54, 1.807) is 32.0 Å². The lowest BCUT2D eigenvalue weighted by Gasteiger charge is -2.36. The molecule has 3 heterocycles. The second-order valence-corrected chi connectivity index (χ2v) is 8.48. The molecule has 2 amide bonds. The second-order valence-electron chi connectivity index (χ2n) is 8.48. The molecular weight excluding hydrogens is 474 g/mol. The Hall–Kier alpha value is -4.54. The Morgan fingerprint density at radius 2 is 1.68 bits per heavy atom. The van der Waals surface area contributed by atoms with Gasteiger partial charge in [0.2, 0.25) is 0 Å². The minimum Gasteiger partial charge on any atom is -0.496 e. The van der Waals surface area contributed by atoms with Crippen LogP contribution < -0.4 is 24.4 Å². The average Bonchev–Trinajstić information content (AvgIpc) is 3.44. The summed E-state index contributed by atoms with van der Waals surface area (Å²) in [7, 11) is 4.85. The van der Waals surface area contributed by atoms with Gasteiger partial charge >= 0.3 is 6.03 Å². The summed E-state index contributed by atoms with van der Waals surface area (Å²) in [5.41, 5.74) is 2.73. The minimum absolute atomic E-state index is 0.105. The molecule has 2 aromatic heterocycles. The third-order valence-corrected chi connectivity index (χ3v) is 6.46. The Morgan fingerprint density at radius 3 is 2.43 bits per heavy atom. The fourth-order valence-corrected chi connectivity index (χ4v) is 4.53. The first-order valence-electron chi connectivity index (χ1n) is 11.9. The number of anilines is 1. The Balaban J connectivity index is 1.34. The number of nitrogens with zero attached hydrogens (tertiary/aromatic N) is 6. The summed E-state index contributed by atoms with van der Waals surface area (Å²) in [6, 6.07) is 13.3. The number of para-hydroxylation sites is 1. The highest BCUT2D eigenvalue weighted by molar-refractivity contribution is 5.79. The quantitative estimate of drug-likeness (QED) is 0.410. The van der Waals surface area contributed by atoms with E-state index >= 15 is 0 Å². The first-order chi connectivity index (χ1) is 18.1. The Kier molecular flexibility index (Phi) is 6.93. The molecule has 1 aliphatic heterocycles. The molecular formula is C26H29N7O4. The molecule has 192 valence electrons. The van der Waals surface area contributed by atoms with Crippen molar-refractivity contribution in [3.05, 3.63) is 60.6 Å². The summed E-state index contributed by atoms with van der Waals surface area (Å²) in [5, 5.41) is 7.44.